The van der Waals surface area contributed by atoms with Crippen LogP contribution in [0.1, 0.15) is 25.8 Å². The molecule has 1 N–H and O–H groups in total. The summed E-state index contributed by atoms with van der Waals surface area (Å²) in [6.07, 6.45) is 0.681. The molecule has 4 nitrogen and oxygen atoms in total. The monoisotopic (exact) mass is 251 g/mol. The molecule has 1 aromatic rings. The first-order valence-corrected chi connectivity index (χ1v) is 6.22. The maximum absolute atomic E-state index is 11.7. The zero-order valence-electron chi connectivity index (χ0n) is 11.2. The molecule has 0 fully saturated rings. The molecule has 4 heteroatoms. The molecule has 0 heterocycles. The van der Waals surface area contributed by atoms with Gasteiger partial charge in [0.25, 0.3) is 0 Å². The number of anilines is 1. The van der Waals surface area contributed by atoms with Gasteiger partial charge in [0, 0.05) is 18.4 Å². The molecule has 100 valence electrons. The summed E-state index contributed by atoms with van der Waals surface area (Å²) >= 11 is 0. The molecule has 0 aliphatic carbocycles. The quantitative estimate of drug-likeness (QED) is 0.757. The Hall–Kier alpha value is -1.55. The highest BCUT2D eigenvalue weighted by Crippen LogP contribution is 2.18. The number of nitrogens with one attached hydrogen (secondary N) is 1. The first-order chi connectivity index (χ1) is 8.72. The van der Waals surface area contributed by atoms with Gasteiger partial charge in [0.1, 0.15) is 6.04 Å². The highest BCUT2D eigenvalue weighted by Gasteiger charge is 2.18. The molecule has 0 radical (unpaired) electrons. The van der Waals surface area contributed by atoms with Gasteiger partial charge in [0.15, 0.2) is 0 Å². The molecular formula is C14H21NO3. The van der Waals surface area contributed by atoms with Gasteiger partial charge in [-0.1, -0.05) is 25.1 Å². The normalized spacial score (nSPS) is 11.9. The summed E-state index contributed by atoms with van der Waals surface area (Å²) in [4.78, 5) is 11.7. The molecule has 0 saturated heterocycles. The Balaban J connectivity index is 2.77. The van der Waals surface area contributed by atoms with Gasteiger partial charge in [-0.05, 0) is 19.4 Å². The lowest BCUT2D eigenvalue weighted by Gasteiger charge is -2.18. The SMILES string of the molecule is CCOC(=O)C(CC)Nc1ccccc1COC. The molecule has 0 amide bonds. The smallest absolute Gasteiger partial charge is 0.328 e. The minimum atomic E-state index is -0.317. The van der Waals surface area contributed by atoms with Gasteiger partial charge < -0.3 is 14.8 Å². The fourth-order valence-electron chi connectivity index (χ4n) is 1.70. The van der Waals surface area contributed by atoms with Crippen molar-refractivity contribution in [2.45, 2.75) is 32.9 Å². The van der Waals surface area contributed by atoms with E-state index in [1.165, 1.54) is 0 Å². The third kappa shape index (κ3) is 4.04. The maximum Gasteiger partial charge on any atom is 0.328 e. The fourth-order valence-corrected chi connectivity index (χ4v) is 1.70. The average Bonchev–Trinajstić information content (AvgIpc) is 2.38. The largest absolute Gasteiger partial charge is 0.464 e. The first kappa shape index (κ1) is 14.5. The van der Waals surface area contributed by atoms with Gasteiger partial charge in [-0.25, -0.2) is 4.79 Å². The lowest BCUT2D eigenvalue weighted by molar-refractivity contribution is -0.144. The molecule has 1 aromatic carbocycles. The Morgan fingerprint density at radius 1 is 1.33 bits per heavy atom. The van der Waals surface area contributed by atoms with Crippen LogP contribution < -0.4 is 5.32 Å². The predicted molar refractivity (Wildman–Crippen MR) is 71.5 cm³/mol. The molecule has 0 aliphatic rings. The van der Waals surface area contributed by atoms with Crippen LogP contribution in [0.3, 0.4) is 0 Å². The van der Waals surface area contributed by atoms with Gasteiger partial charge in [-0.2, -0.15) is 0 Å². The second kappa shape index (κ2) is 7.71. The van der Waals surface area contributed by atoms with Gasteiger partial charge in [0.2, 0.25) is 0 Å². The molecule has 18 heavy (non-hydrogen) atoms. The van der Waals surface area contributed by atoms with Crippen LogP contribution in [0.4, 0.5) is 5.69 Å². The fraction of sp³-hybridized carbons (Fsp3) is 0.500. The highest BCUT2D eigenvalue weighted by molar-refractivity contribution is 5.79. The van der Waals surface area contributed by atoms with Crippen LogP contribution in [0.15, 0.2) is 24.3 Å². The van der Waals surface area contributed by atoms with Gasteiger partial charge in [-0.3, -0.25) is 0 Å². The van der Waals surface area contributed by atoms with Crippen LogP contribution in [0, 0.1) is 0 Å². The second-order valence-corrected chi connectivity index (χ2v) is 3.95. The Bertz CT molecular complexity index is 379. The van der Waals surface area contributed by atoms with E-state index in [1.54, 1.807) is 7.11 Å². The van der Waals surface area contributed by atoms with Crippen molar-refractivity contribution in [3.05, 3.63) is 29.8 Å². The number of hydrogen-bond donors (Lipinski definition) is 1. The number of carbonyl (C=O) groups excluding carboxylic acids is 1. The maximum atomic E-state index is 11.7. The van der Waals surface area contributed by atoms with Crippen molar-refractivity contribution in [2.24, 2.45) is 0 Å². The standard InChI is InChI=1S/C14H21NO3/c1-4-12(14(16)18-5-2)15-13-9-7-6-8-11(13)10-17-3/h6-9,12,15H,4-5,10H2,1-3H3. The van der Waals surface area contributed by atoms with Crippen LogP contribution in [0.2, 0.25) is 0 Å². The summed E-state index contributed by atoms with van der Waals surface area (Å²) in [5.41, 5.74) is 1.95. The number of carbonyl (C=O) groups is 1. The van der Waals surface area contributed by atoms with E-state index in [2.05, 4.69) is 5.32 Å². The number of hydrogen-bond acceptors (Lipinski definition) is 4. The van der Waals surface area contributed by atoms with Crippen LogP contribution in [-0.4, -0.2) is 25.7 Å². The Labute approximate surface area is 108 Å². The number of rotatable bonds is 7. The van der Waals surface area contributed by atoms with Crippen molar-refractivity contribution < 1.29 is 14.3 Å². The third-order valence-corrected chi connectivity index (χ3v) is 2.63. The zero-order chi connectivity index (χ0) is 13.4. The lowest BCUT2D eigenvalue weighted by Crippen LogP contribution is -2.31. The number of para-hydroxylation sites is 1. The van der Waals surface area contributed by atoms with Crippen LogP contribution in [0.5, 0.6) is 0 Å². The molecule has 0 spiro atoms. The summed E-state index contributed by atoms with van der Waals surface area (Å²) in [6, 6.07) is 7.48. The first-order valence-electron chi connectivity index (χ1n) is 6.22. The van der Waals surface area contributed by atoms with Crippen LogP contribution in [-0.2, 0) is 20.9 Å². The highest BCUT2D eigenvalue weighted by atomic mass is 16.5. The predicted octanol–water partition coefficient (Wildman–Crippen LogP) is 2.59. The van der Waals surface area contributed by atoms with Crippen molar-refractivity contribution in [3.63, 3.8) is 0 Å². The van der Waals surface area contributed by atoms with Crippen molar-refractivity contribution >= 4 is 11.7 Å². The molecule has 1 rings (SSSR count). The van der Waals surface area contributed by atoms with E-state index >= 15 is 0 Å². The van der Waals surface area contributed by atoms with E-state index in [-0.39, 0.29) is 12.0 Å². The van der Waals surface area contributed by atoms with Crippen molar-refractivity contribution in [1.82, 2.24) is 0 Å². The summed E-state index contributed by atoms with van der Waals surface area (Å²) in [5, 5.41) is 3.21. The van der Waals surface area contributed by atoms with Crippen molar-refractivity contribution in [3.8, 4) is 0 Å². The molecule has 0 bridgehead atoms. The van der Waals surface area contributed by atoms with Gasteiger partial charge in [0.05, 0.1) is 13.2 Å². The Morgan fingerprint density at radius 3 is 2.67 bits per heavy atom. The summed E-state index contributed by atoms with van der Waals surface area (Å²) in [6.45, 7) is 4.68. The van der Waals surface area contributed by atoms with E-state index in [0.717, 1.165) is 11.3 Å². The summed E-state index contributed by atoms with van der Waals surface area (Å²) in [5.74, 6) is -0.216. The van der Waals surface area contributed by atoms with Crippen molar-refractivity contribution in [2.75, 3.05) is 19.0 Å². The zero-order valence-corrected chi connectivity index (χ0v) is 11.2. The molecule has 1 atom stereocenters. The average molecular weight is 251 g/mol. The van der Waals surface area contributed by atoms with E-state index in [1.807, 2.05) is 38.1 Å². The Morgan fingerprint density at radius 2 is 2.06 bits per heavy atom. The lowest BCUT2D eigenvalue weighted by atomic mass is 10.1. The number of methoxy groups -OCH3 is 1. The number of benzene rings is 1. The van der Waals surface area contributed by atoms with Gasteiger partial charge in [-0.15, -0.1) is 0 Å². The summed E-state index contributed by atoms with van der Waals surface area (Å²) < 4.78 is 10.2. The molecule has 0 aromatic heterocycles. The Kier molecular flexibility index (Phi) is 6.22. The van der Waals surface area contributed by atoms with E-state index in [4.69, 9.17) is 9.47 Å². The van der Waals surface area contributed by atoms with Crippen LogP contribution >= 0.6 is 0 Å². The molecular weight excluding hydrogens is 230 g/mol. The molecule has 1 unspecified atom stereocenters. The van der Waals surface area contributed by atoms with Crippen LogP contribution in [0.25, 0.3) is 0 Å². The topological polar surface area (TPSA) is 47.6 Å². The second-order valence-electron chi connectivity index (χ2n) is 3.95. The van der Waals surface area contributed by atoms with Crippen molar-refractivity contribution in [1.29, 1.82) is 0 Å². The number of esters is 1. The third-order valence-electron chi connectivity index (χ3n) is 2.63. The number of ether oxygens (including phenoxy) is 2. The van der Waals surface area contributed by atoms with Gasteiger partial charge >= 0.3 is 5.97 Å². The molecule has 0 saturated carbocycles. The van der Waals surface area contributed by atoms with E-state index in [0.29, 0.717) is 19.6 Å². The van der Waals surface area contributed by atoms with E-state index < -0.39 is 0 Å². The summed E-state index contributed by atoms with van der Waals surface area (Å²) in [7, 11) is 1.65. The molecule has 0 aliphatic heterocycles. The van der Waals surface area contributed by atoms with E-state index in [9.17, 15) is 4.79 Å². The minimum Gasteiger partial charge on any atom is -0.464 e. The minimum absolute atomic E-state index is 0.216.